The lowest BCUT2D eigenvalue weighted by molar-refractivity contribution is 0.161. The van der Waals surface area contributed by atoms with E-state index in [9.17, 15) is 5.11 Å². The van der Waals surface area contributed by atoms with Crippen molar-refractivity contribution in [3.8, 4) is 5.88 Å². The monoisotopic (exact) mass is 196 g/mol. The molecule has 4 nitrogen and oxygen atoms in total. The second-order valence-electron chi connectivity index (χ2n) is 3.10. The number of rotatable bonds is 4. The summed E-state index contributed by atoms with van der Waals surface area (Å²) in [6.07, 6.45) is 1.03. The number of aliphatic hydroxyl groups is 1. The second-order valence-corrected chi connectivity index (χ2v) is 3.10. The van der Waals surface area contributed by atoms with Crippen molar-refractivity contribution >= 4 is 0 Å². The summed E-state index contributed by atoms with van der Waals surface area (Å²) in [6, 6.07) is 3.14. The maximum Gasteiger partial charge on any atom is 0.218 e. The first kappa shape index (κ1) is 10.9. The normalized spacial score (nSPS) is 14.9. The van der Waals surface area contributed by atoms with Crippen LogP contribution in [0.3, 0.4) is 0 Å². The zero-order valence-electron chi connectivity index (χ0n) is 8.47. The molecule has 1 aromatic heterocycles. The molecule has 1 aromatic rings. The summed E-state index contributed by atoms with van der Waals surface area (Å²) in [6.45, 7) is 4.07. The Bertz CT molecular complexity index is 289. The fraction of sp³-hybridized carbons (Fsp3) is 0.500. The SMILES string of the molecule is CCOc1ncccc1[C@@H](N)[C@@H](C)O. The fourth-order valence-corrected chi connectivity index (χ4v) is 1.17. The van der Waals surface area contributed by atoms with E-state index in [1.54, 1.807) is 19.2 Å². The summed E-state index contributed by atoms with van der Waals surface area (Å²) < 4.78 is 5.31. The van der Waals surface area contributed by atoms with Gasteiger partial charge in [-0.15, -0.1) is 0 Å². The number of hydrogen-bond donors (Lipinski definition) is 2. The van der Waals surface area contributed by atoms with E-state index in [0.29, 0.717) is 12.5 Å². The molecule has 0 bridgehead atoms. The minimum atomic E-state index is -0.613. The average molecular weight is 196 g/mol. The topological polar surface area (TPSA) is 68.4 Å². The molecule has 0 fully saturated rings. The Morgan fingerprint density at radius 1 is 1.64 bits per heavy atom. The van der Waals surface area contributed by atoms with Gasteiger partial charge in [0, 0.05) is 11.8 Å². The predicted octanol–water partition coefficient (Wildman–Crippen LogP) is 0.861. The Morgan fingerprint density at radius 3 is 2.93 bits per heavy atom. The van der Waals surface area contributed by atoms with Crippen molar-refractivity contribution in [3.05, 3.63) is 23.9 Å². The van der Waals surface area contributed by atoms with Crippen LogP contribution in [0.15, 0.2) is 18.3 Å². The molecular formula is C10H16N2O2. The van der Waals surface area contributed by atoms with Crippen LogP contribution in [0.25, 0.3) is 0 Å². The van der Waals surface area contributed by atoms with Gasteiger partial charge in [0.25, 0.3) is 0 Å². The number of nitrogens with two attached hydrogens (primary N) is 1. The fourth-order valence-electron chi connectivity index (χ4n) is 1.17. The van der Waals surface area contributed by atoms with Gasteiger partial charge in [0.15, 0.2) is 0 Å². The Hall–Kier alpha value is -1.13. The molecule has 0 aliphatic carbocycles. The summed E-state index contributed by atoms with van der Waals surface area (Å²) in [4.78, 5) is 4.06. The number of nitrogens with zero attached hydrogens (tertiary/aromatic N) is 1. The van der Waals surface area contributed by atoms with Gasteiger partial charge in [-0.2, -0.15) is 0 Å². The molecule has 4 heteroatoms. The molecule has 1 heterocycles. The molecule has 0 unspecified atom stereocenters. The largest absolute Gasteiger partial charge is 0.478 e. The van der Waals surface area contributed by atoms with Gasteiger partial charge < -0.3 is 15.6 Å². The van der Waals surface area contributed by atoms with Crippen molar-refractivity contribution < 1.29 is 9.84 Å². The molecule has 14 heavy (non-hydrogen) atoms. The molecule has 0 saturated heterocycles. The number of ether oxygens (including phenoxy) is 1. The molecule has 0 spiro atoms. The van der Waals surface area contributed by atoms with Gasteiger partial charge in [0.2, 0.25) is 5.88 Å². The Balaban J connectivity index is 2.94. The van der Waals surface area contributed by atoms with Crippen LogP contribution < -0.4 is 10.5 Å². The summed E-state index contributed by atoms with van der Waals surface area (Å²) in [7, 11) is 0. The first-order valence-corrected chi connectivity index (χ1v) is 4.68. The molecule has 0 aliphatic heterocycles. The highest BCUT2D eigenvalue weighted by molar-refractivity contribution is 5.29. The van der Waals surface area contributed by atoms with E-state index >= 15 is 0 Å². The van der Waals surface area contributed by atoms with Crippen LogP contribution in [0.1, 0.15) is 25.5 Å². The highest BCUT2D eigenvalue weighted by Crippen LogP contribution is 2.22. The average Bonchev–Trinajstić information content (AvgIpc) is 2.18. The van der Waals surface area contributed by atoms with Crippen LogP contribution in [-0.4, -0.2) is 22.8 Å². The number of aliphatic hydroxyl groups excluding tert-OH is 1. The Kier molecular flexibility index (Phi) is 3.85. The second kappa shape index (κ2) is 4.93. The van der Waals surface area contributed by atoms with E-state index in [0.717, 1.165) is 5.56 Å². The highest BCUT2D eigenvalue weighted by atomic mass is 16.5. The summed E-state index contributed by atoms with van der Waals surface area (Å²) in [5.41, 5.74) is 6.54. The molecule has 78 valence electrons. The molecule has 2 atom stereocenters. The molecule has 0 aromatic carbocycles. The van der Waals surface area contributed by atoms with Gasteiger partial charge in [-0.25, -0.2) is 4.98 Å². The van der Waals surface area contributed by atoms with Crippen molar-refractivity contribution in [2.75, 3.05) is 6.61 Å². The smallest absolute Gasteiger partial charge is 0.218 e. The van der Waals surface area contributed by atoms with Crippen LogP contribution in [0.2, 0.25) is 0 Å². The zero-order valence-corrected chi connectivity index (χ0v) is 8.47. The van der Waals surface area contributed by atoms with Gasteiger partial charge in [0.1, 0.15) is 0 Å². The Morgan fingerprint density at radius 2 is 2.36 bits per heavy atom. The van der Waals surface area contributed by atoms with E-state index in [4.69, 9.17) is 10.5 Å². The highest BCUT2D eigenvalue weighted by Gasteiger charge is 2.16. The standard InChI is InChI=1S/C10H16N2O2/c1-3-14-10-8(5-4-6-12-10)9(11)7(2)13/h4-7,9,13H,3,11H2,1-2H3/t7-,9+/m1/s1. The lowest BCUT2D eigenvalue weighted by Crippen LogP contribution is -2.24. The van der Waals surface area contributed by atoms with E-state index in [1.807, 2.05) is 13.0 Å². The zero-order chi connectivity index (χ0) is 10.6. The van der Waals surface area contributed by atoms with Gasteiger partial charge in [0.05, 0.1) is 18.8 Å². The lowest BCUT2D eigenvalue weighted by atomic mass is 10.1. The van der Waals surface area contributed by atoms with Crippen LogP contribution in [-0.2, 0) is 0 Å². The summed E-state index contributed by atoms with van der Waals surface area (Å²) in [5.74, 6) is 0.503. The Labute approximate surface area is 83.7 Å². The van der Waals surface area contributed by atoms with Gasteiger partial charge in [-0.1, -0.05) is 6.07 Å². The maximum atomic E-state index is 9.36. The van der Waals surface area contributed by atoms with Crippen molar-refractivity contribution in [2.45, 2.75) is 26.0 Å². The molecular weight excluding hydrogens is 180 g/mol. The van der Waals surface area contributed by atoms with Crippen LogP contribution in [0.4, 0.5) is 0 Å². The molecule has 0 amide bonds. The molecule has 0 aliphatic rings. The number of aromatic nitrogens is 1. The predicted molar refractivity (Wildman–Crippen MR) is 54.0 cm³/mol. The molecule has 3 N–H and O–H groups in total. The van der Waals surface area contributed by atoms with Crippen LogP contribution in [0.5, 0.6) is 5.88 Å². The van der Waals surface area contributed by atoms with Gasteiger partial charge in [-0.3, -0.25) is 0 Å². The van der Waals surface area contributed by atoms with Gasteiger partial charge in [-0.05, 0) is 19.9 Å². The lowest BCUT2D eigenvalue weighted by Gasteiger charge is -2.17. The minimum Gasteiger partial charge on any atom is -0.478 e. The number of pyridine rings is 1. The maximum absolute atomic E-state index is 9.36. The van der Waals surface area contributed by atoms with Crippen molar-refractivity contribution in [1.29, 1.82) is 0 Å². The summed E-state index contributed by atoms with van der Waals surface area (Å²) in [5, 5.41) is 9.36. The third-order valence-corrected chi connectivity index (χ3v) is 1.96. The van der Waals surface area contributed by atoms with Crippen molar-refractivity contribution in [2.24, 2.45) is 5.73 Å². The summed E-state index contributed by atoms with van der Waals surface area (Å²) >= 11 is 0. The van der Waals surface area contributed by atoms with E-state index in [1.165, 1.54) is 0 Å². The molecule has 0 saturated carbocycles. The third-order valence-electron chi connectivity index (χ3n) is 1.96. The minimum absolute atomic E-state index is 0.453. The van der Waals surface area contributed by atoms with Crippen LogP contribution in [0, 0.1) is 0 Å². The van der Waals surface area contributed by atoms with E-state index in [2.05, 4.69) is 4.98 Å². The molecule has 1 rings (SSSR count). The molecule has 0 radical (unpaired) electrons. The van der Waals surface area contributed by atoms with Gasteiger partial charge >= 0.3 is 0 Å². The van der Waals surface area contributed by atoms with Crippen molar-refractivity contribution in [3.63, 3.8) is 0 Å². The first-order valence-electron chi connectivity index (χ1n) is 4.68. The van der Waals surface area contributed by atoms with E-state index < -0.39 is 12.1 Å². The third kappa shape index (κ3) is 2.43. The number of hydrogen-bond acceptors (Lipinski definition) is 4. The van der Waals surface area contributed by atoms with Crippen LogP contribution >= 0.6 is 0 Å². The van der Waals surface area contributed by atoms with E-state index in [-0.39, 0.29) is 0 Å². The quantitative estimate of drug-likeness (QED) is 0.749. The van der Waals surface area contributed by atoms with Crippen molar-refractivity contribution in [1.82, 2.24) is 4.98 Å². The first-order chi connectivity index (χ1) is 6.66.